The average Bonchev–Trinajstić information content (AvgIpc) is 2.70. The minimum absolute atomic E-state index is 0.210. The Morgan fingerprint density at radius 3 is 2.29 bits per heavy atom. The molecule has 0 aliphatic heterocycles. The van der Waals surface area contributed by atoms with Crippen molar-refractivity contribution in [3.8, 4) is 5.88 Å². The molecule has 0 aromatic carbocycles. The fraction of sp³-hybridized carbons (Fsp3) is 0.583. The van der Waals surface area contributed by atoms with E-state index in [-0.39, 0.29) is 5.56 Å². The van der Waals surface area contributed by atoms with Gasteiger partial charge in [0.05, 0.1) is 12.2 Å². The molecule has 1 rings (SSSR count). The Kier molecular flexibility index (Phi) is 14.6. The molecule has 0 fully saturated rings. The van der Waals surface area contributed by atoms with Gasteiger partial charge in [-0.2, -0.15) is 0 Å². The molecule has 1 aromatic heterocycles. The number of allylic oxidation sites excluding steroid dienone is 4. The van der Waals surface area contributed by atoms with E-state index in [4.69, 9.17) is 9.84 Å². The molecule has 0 spiro atoms. The van der Waals surface area contributed by atoms with E-state index in [1.165, 1.54) is 76.1 Å². The Labute approximate surface area is 170 Å². The number of unbranched alkanes of at least 4 members (excludes halogenated alkanes) is 9. The van der Waals surface area contributed by atoms with Crippen LogP contribution in [0.4, 0.5) is 0 Å². The van der Waals surface area contributed by atoms with Crippen LogP contribution in [0, 0.1) is 0 Å². The third-order valence-corrected chi connectivity index (χ3v) is 4.58. The Morgan fingerprint density at radius 1 is 0.964 bits per heavy atom. The third kappa shape index (κ3) is 13.1. The lowest BCUT2D eigenvalue weighted by atomic mass is 10.1. The summed E-state index contributed by atoms with van der Waals surface area (Å²) in [5.41, 5.74) is 0.210. The van der Waals surface area contributed by atoms with E-state index in [1.807, 2.05) is 0 Å². The summed E-state index contributed by atoms with van der Waals surface area (Å²) < 4.78 is 5.53. The van der Waals surface area contributed by atoms with E-state index in [1.54, 1.807) is 0 Å². The van der Waals surface area contributed by atoms with E-state index in [9.17, 15) is 4.79 Å². The van der Waals surface area contributed by atoms with Gasteiger partial charge in [0.15, 0.2) is 0 Å². The average molecular weight is 388 g/mol. The molecule has 0 atom stereocenters. The number of pyridine rings is 1. The lowest BCUT2D eigenvalue weighted by Gasteiger charge is -2.05. The van der Waals surface area contributed by atoms with E-state index in [0.717, 1.165) is 19.3 Å². The lowest BCUT2D eigenvalue weighted by Crippen LogP contribution is -2.02. The van der Waals surface area contributed by atoms with Crippen LogP contribution in [0.25, 0.3) is 0 Å². The molecule has 0 unspecified atom stereocenters. The first kappa shape index (κ1) is 23.9. The molecule has 0 aliphatic rings. The minimum Gasteiger partial charge on any atom is -0.478 e. The van der Waals surface area contributed by atoms with Crippen LogP contribution in [0.15, 0.2) is 42.6 Å². The summed E-state index contributed by atoms with van der Waals surface area (Å²) in [4.78, 5) is 14.9. The Morgan fingerprint density at radius 2 is 1.61 bits per heavy atom. The van der Waals surface area contributed by atoms with Gasteiger partial charge in [-0.15, -0.1) is 0 Å². The normalized spacial score (nSPS) is 11.5. The molecule has 4 nitrogen and oxygen atoms in total. The fourth-order valence-electron chi connectivity index (χ4n) is 2.89. The SMILES string of the molecule is CCCCC/C=C\C/C=C\CCCCCCCCOc1cc(C(=O)O)ccn1. The van der Waals surface area contributed by atoms with Crippen molar-refractivity contribution in [1.29, 1.82) is 0 Å². The first-order valence-electron chi connectivity index (χ1n) is 10.9. The van der Waals surface area contributed by atoms with Crippen molar-refractivity contribution in [2.24, 2.45) is 0 Å². The smallest absolute Gasteiger partial charge is 0.335 e. The second-order valence-corrected chi connectivity index (χ2v) is 7.12. The largest absolute Gasteiger partial charge is 0.478 e. The Balaban J connectivity index is 1.89. The van der Waals surface area contributed by atoms with Crippen molar-refractivity contribution in [2.45, 2.75) is 84.0 Å². The predicted octanol–water partition coefficient (Wildman–Crippen LogP) is 6.97. The van der Waals surface area contributed by atoms with Crippen molar-refractivity contribution in [3.63, 3.8) is 0 Å². The number of rotatable bonds is 17. The van der Waals surface area contributed by atoms with Crippen LogP contribution >= 0.6 is 0 Å². The summed E-state index contributed by atoms with van der Waals surface area (Å²) >= 11 is 0. The molecule has 0 radical (unpaired) electrons. The molecule has 156 valence electrons. The molecule has 4 heteroatoms. The van der Waals surface area contributed by atoms with Gasteiger partial charge in [-0.3, -0.25) is 0 Å². The monoisotopic (exact) mass is 387 g/mol. The van der Waals surface area contributed by atoms with Crippen LogP contribution < -0.4 is 4.74 Å². The van der Waals surface area contributed by atoms with Gasteiger partial charge >= 0.3 is 5.97 Å². The van der Waals surface area contributed by atoms with Crippen LogP contribution in [0.2, 0.25) is 0 Å². The molecular weight excluding hydrogens is 350 g/mol. The first-order chi connectivity index (χ1) is 13.7. The van der Waals surface area contributed by atoms with Crippen LogP contribution in [0.1, 0.15) is 94.3 Å². The zero-order chi connectivity index (χ0) is 20.3. The van der Waals surface area contributed by atoms with Crippen molar-refractivity contribution < 1.29 is 14.6 Å². The summed E-state index contributed by atoms with van der Waals surface area (Å²) in [6, 6.07) is 2.94. The maximum atomic E-state index is 10.9. The highest BCUT2D eigenvalue weighted by Crippen LogP contribution is 2.11. The maximum absolute atomic E-state index is 10.9. The number of ether oxygens (including phenoxy) is 1. The number of nitrogens with zero attached hydrogens (tertiary/aromatic N) is 1. The van der Waals surface area contributed by atoms with Gasteiger partial charge in [0.1, 0.15) is 0 Å². The van der Waals surface area contributed by atoms with Gasteiger partial charge in [-0.25, -0.2) is 9.78 Å². The number of aromatic carboxylic acids is 1. The number of hydrogen-bond acceptors (Lipinski definition) is 3. The number of carboxylic acid groups (broad SMARTS) is 1. The summed E-state index contributed by atoms with van der Waals surface area (Å²) in [6.07, 6.45) is 25.2. The topological polar surface area (TPSA) is 59.4 Å². The molecule has 0 saturated carbocycles. The standard InChI is InChI=1S/C24H37NO3/c1-2-3-4-5-6-7-8-9-10-11-12-13-14-15-16-17-20-28-23-21-22(24(26)27)18-19-25-23/h6-7,9-10,18-19,21H,2-5,8,11-17,20H2,1H3,(H,26,27)/b7-6-,10-9-. The fourth-order valence-corrected chi connectivity index (χ4v) is 2.89. The zero-order valence-corrected chi connectivity index (χ0v) is 17.4. The maximum Gasteiger partial charge on any atom is 0.335 e. The van der Waals surface area contributed by atoms with Gasteiger partial charge in [-0.05, 0) is 44.6 Å². The van der Waals surface area contributed by atoms with Gasteiger partial charge in [-0.1, -0.05) is 69.8 Å². The van der Waals surface area contributed by atoms with Crippen LogP contribution in [0.3, 0.4) is 0 Å². The second kappa shape index (κ2) is 17.0. The van der Waals surface area contributed by atoms with E-state index in [0.29, 0.717) is 12.5 Å². The highest BCUT2D eigenvalue weighted by Gasteiger charge is 2.04. The predicted molar refractivity (Wildman–Crippen MR) is 116 cm³/mol. The number of carbonyl (C=O) groups is 1. The molecule has 0 amide bonds. The van der Waals surface area contributed by atoms with Gasteiger partial charge in [0, 0.05) is 12.3 Å². The van der Waals surface area contributed by atoms with Crippen molar-refractivity contribution in [3.05, 3.63) is 48.2 Å². The van der Waals surface area contributed by atoms with Gasteiger partial charge < -0.3 is 9.84 Å². The molecule has 28 heavy (non-hydrogen) atoms. The van der Waals surface area contributed by atoms with E-state index < -0.39 is 5.97 Å². The highest BCUT2D eigenvalue weighted by atomic mass is 16.5. The summed E-state index contributed by atoms with van der Waals surface area (Å²) in [7, 11) is 0. The van der Waals surface area contributed by atoms with Crippen molar-refractivity contribution in [2.75, 3.05) is 6.61 Å². The third-order valence-electron chi connectivity index (χ3n) is 4.58. The lowest BCUT2D eigenvalue weighted by molar-refractivity contribution is 0.0696. The molecule has 0 bridgehead atoms. The van der Waals surface area contributed by atoms with Gasteiger partial charge in [0.25, 0.3) is 0 Å². The van der Waals surface area contributed by atoms with Crippen LogP contribution in [-0.4, -0.2) is 22.7 Å². The number of carboxylic acids is 1. The second-order valence-electron chi connectivity index (χ2n) is 7.12. The molecule has 1 aromatic rings. The van der Waals surface area contributed by atoms with Crippen molar-refractivity contribution >= 4 is 5.97 Å². The molecule has 0 saturated heterocycles. The summed E-state index contributed by atoms with van der Waals surface area (Å²) in [5.74, 6) is -0.566. The van der Waals surface area contributed by atoms with E-state index >= 15 is 0 Å². The molecule has 1 heterocycles. The van der Waals surface area contributed by atoms with Crippen LogP contribution in [-0.2, 0) is 0 Å². The summed E-state index contributed by atoms with van der Waals surface area (Å²) in [6.45, 7) is 2.83. The number of hydrogen-bond donors (Lipinski definition) is 1. The zero-order valence-electron chi connectivity index (χ0n) is 17.4. The quantitative estimate of drug-likeness (QED) is 0.231. The van der Waals surface area contributed by atoms with Crippen molar-refractivity contribution in [1.82, 2.24) is 4.98 Å². The molecule has 0 aliphatic carbocycles. The Hall–Kier alpha value is -2.10. The summed E-state index contributed by atoms with van der Waals surface area (Å²) in [5, 5.41) is 8.94. The van der Waals surface area contributed by atoms with Gasteiger partial charge in [0.2, 0.25) is 5.88 Å². The molecular formula is C24H37NO3. The number of aromatic nitrogens is 1. The highest BCUT2D eigenvalue weighted by molar-refractivity contribution is 5.87. The first-order valence-corrected chi connectivity index (χ1v) is 10.9. The van der Waals surface area contributed by atoms with Crippen LogP contribution in [0.5, 0.6) is 5.88 Å². The Bertz CT molecular complexity index is 581. The molecule has 1 N–H and O–H groups in total. The van der Waals surface area contributed by atoms with E-state index in [2.05, 4.69) is 36.2 Å². The minimum atomic E-state index is -0.957.